The Balaban J connectivity index is 1.80. The lowest BCUT2D eigenvalue weighted by atomic mass is 9.99. The predicted molar refractivity (Wildman–Crippen MR) is 61.1 cm³/mol. The van der Waals surface area contributed by atoms with Crippen LogP contribution in [0.4, 0.5) is 0 Å². The third kappa shape index (κ3) is 3.03. The Kier molecular flexibility index (Phi) is 3.73. The van der Waals surface area contributed by atoms with Gasteiger partial charge in [-0.15, -0.1) is 5.10 Å². The summed E-state index contributed by atoms with van der Waals surface area (Å²) in [6.45, 7) is 0.551. The van der Waals surface area contributed by atoms with E-state index in [0.29, 0.717) is 13.0 Å². The van der Waals surface area contributed by atoms with Gasteiger partial charge in [0.15, 0.2) is 0 Å². The van der Waals surface area contributed by atoms with Crippen molar-refractivity contribution >= 4 is 5.91 Å². The number of aromatic nitrogens is 3. The Morgan fingerprint density at radius 1 is 1.47 bits per heavy atom. The minimum absolute atomic E-state index is 0.0298. The Labute approximate surface area is 100 Å². The number of nitrogens with zero attached hydrogens (tertiary/aromatic N) is 3. The van der Waals surface area contributed by atoms with Crippen LogP contribution in [0.1, 0.15) is 32.1 Å². The van der Waals surface area contributed by atoms with E-state index >= 15 is 0 Å². The second-order valence-electron chi connectivity index (χ2n) is 4.61. The molecule has 17 heavy (non-hydrogen) atoms. The molecule has 2 N–H and O–H groups in total. The van der Waals surface area contributed by atoms with Crippen molar-refractivity contribution < 1.29 is 9.90 Å². The maximum Gasteiger partial charge on any atom is 0.222 e. The molecule has 0 unspecified atom stereocenters. The summed E-state index contributed by atoms with van der Waals surface area (Å²) in [5.74, 6) is -0.0311. The summed E-state index contributed by atoms with van der Waals surface area (Å²) >= 11 is 0. The number of hydrogen-bond acceptors (Lipinski definition) is 4. The number of nitrogens with one attached hydrogen (secondary N) is 1. The SMILES string of the molecule is O=C(CCn1ccnn1)NC1(CO)CCCC1. The fourth-order valence-corrected chi connectivity index (χ4v) is 2.30. The molecule has 1 amide bonds. The van der Waals surface area contributed by atoms with E-state index in [0.717, 1.165) is 25.7 Å². The first kappa shape index (κ1) is 12.0. The summed E-state index contributed by atoms with van der Waals surface area (Å²) in [4.78, 5) is 11.8. The molecule has 0 atom stereocenters. The Morgan fingerprint density at radius 3 is 2.82 bits per heavy atom. The zero-order valence-electron chi connectivity index (χ0n) is 9.80. The van der Waals surface area contributed by atoms with E-state index in [9.17, 15) is 9.90 Å². The predicted octanol–water partition coefficient (Wildman–Crippen LogP) is 0.0895. The maximum absolute atomic E-state index is 11.8. The first-order valence-electron chi connectivity index (χ1n) is 6.00. The van der Waals surface area contributed by atoms with Gasteiger partial charge in [0.1, 0.15) is 0 Å². The Morgan fingerprint density at radius 2 is 2.24 bits per heavy atom. The second-order valence-corrected chi connectivity index (χ2v) is 4.61. The van der Waals surface area contributed by atoms with Gasteiger partial charge >= 0.3 is 0 Å². The van der Waals surface area contributed by atoms with Crippen LogP contribution in [-0.4, -0.2) is 38.2 Å². The zero-order chi connectivity index (χ0) is 12.1. The first-order valence-corrected chi connectivity index (χ1v) is 6.00. The quantitative estimate of drug-likeness (QED) is 0.762. The largest absolute Gasteiger partial charge is 0.394 e. The van der Waals surface area contributed by atoms with Crippen molar-refractivity contribution in [3.8, 4) is 0 Å². The molecule has 0 bridgehead atoms. The molecule has 1 aromatic rings. The van der Waals surface area contributed by atoms with Gasteiger partial charge in [-0.2, -0.15) is 0 Å². The van der Waals surface area contributed by atoms with E-state index in [1.165, 1.54) is 0 Å². The lowest BCUT2D eigenvalue weighted by molar-refractivity contribution is -0.123. The summed E-state index contributed by atoms with van der Waals surface area (Å²) in [6.07, 6.45) is 7.57. The Bertz CT molecular complexity index is 358. The van der Waals surface area contributed by atoms with Crippen molar-refractivity contribution in [2.75, 3.05) is 6.61 Å². The zero-order valence-corrected chi connectivity index (χ0v) is 9.80. The summed E-state index contributed by atoms with van der Waals surface area (Å²) in [5.41, 5.74) is -0.376. The van der Waals surface area contributed by atoms with Crippen molar-refractivity contribution in [2.24, 2.45) is 0 Å². The fraction of sp³-hybridized carbons (Fsp3) is 0.727. The Hall–Kier alpha value is -1.43. The van der Waals surface area contributed by atoms with E-state index in [-0.39, 0.29) is 18.1 Å². The lowest BCUT2D eigenvalue weighted by Gasteiger charge is -2.27. The van der Waals surface area contributed by atoms with E-state index in [4.69, 9.17) is 0 Å². The summed E-state index contributed by atoms with van der Waals surface area (Å²) in [7, 11) is 0. The molecule has 6 heteroatoms. The summed E-state index contributed by atoms with van der Waals surface area (Å²) in [5, 5.41) is 19.8. The number of aryl methyl sites for hydroxylation is 1. The van der Waals surface area contributed by atoms with Gasteiger partial charge in [-0.05, 0) is 12.8 Å². The van der Waals surface area contributed by atoms with Gasteiger partial charge in [0.05, 0.1) is 24.9 Å². The van der Waals surface area contributed by atoms with E-state index in [1.54, 1.807) is 17.1 Å². The molecule has 0 aliphatic heterocycles. The van der Waals surface area contributed by atoms with Gasteiger partial charge < -0.3 is 10.4 Å². The molecule has 6 nitrogen and oxygen atoms in total. The number of carbonyl (C=O) groups excluding carboxylic acids is 1. The molecule has 2 rings (SSSR count). The third-order valence-electron chi connectivity index (χ3n) is 3.31. The van der Waals surface area contributed by atoms with Crippen LogP contribution in [0.25, 0.3) is 0 Å². The maximum atomic E-state index is 11.8. The summed E-state index contributed by atoms with van der Waals surface area (Å²) < 4.78 is 1.62. The van der Waals surface area contributed by atoms with Crippen molar-refractivity contribution in [1.29, 1.82) is 0 Å². The van der Waals surface area contributed by atoms with Crippen LogP contribution in [-0.2, 0) is 11.3 Å². The van der Waals surface area contributed by atoms with Crippen molar-refractivity contribution in [3.05, 3.63) is 12.4 Å². The van der Waals surface area contributed by atoms with Crippen LogP contribution in [0.15, 0.2) is 12.4 Å². The minimum Gasteiger partial charge on any atom is -0.394 e. The van der Waals surface area contributed by atoms with Crippen molar-refractivity contribution in [1.82, 2.24) is 20.3 Å². The molecule has 0 spiro atoms. The summed E-state index contributed by atoms with van der Waals surface area (Å²) in [6, 6.07) is 0. The standard InChI is InChI=1S/C11H18N4O2/c16-9-11(4-1-2-5-11)13-10(17)3-7-15-8-6-12-14-15/h6,8,16H,1-5,7,9H2,(H,13,17). The van der Waals surface area contributed by atoms with Crippen LogP contribution in [0.5, 0.6) is 0 Å². The molecule has 1 aliphatic rings. The molecule has 1 saturated carbocycles. The second kappa shape index (κ2) is 5.27. The molecule has 0 aromatic carbocycles. The van der Waals surface area contributed by atoms with Crippen LogP contribution < -0.4 is 5.32 Å². The highest BCUT2D eigenvalue weighted by molar-refractivity contribution is 5.76. The highest BCUT2D eigenvalue weighted by Gasteiger charge is 2.34. The van der Waals surface area contributed by atoms with Crippen LogP contribution in [0.3, 0.4) is 0 Å². The number of rotatable bonds is 5. The highest BCUT2D eigenvalue weighted by atomic mass is 16.3. The first-order chi connectivity index (χ1) is 8.24. The molecule has 0 radical (unpaired) electrons. The molecule has 94 valence electrons. The topological polar surface area (TPSA) is 80.0 Å². The van der Waals surface area contributed by atoms with Gasteiger partial charge in [-0.1, -0.05) is 18.1 Å². The number of hydrogen-bond donors (Lipinski definition) is 2. The lowest BCUT2D eigenvalue weighted by Crippen LogP contribution is -2.49. The minimum atomic E-state index is -0.376. The average molecular weight is 238 g/mol. The highest BCUT2D eigenvalue weighted by Crippen LogP contribution is 2.29. The number of amides is 1. The van der Waals surface area contributed by atoms with E-state index < -0.39 is 0 Å². The van der Waals surface area contributed by atoms with Crippen LogP contribution in [0.2, 0.25) is 0 Å². The fourth-order valence-electron chi connectivity index (χ4n) is 2.30. The van der Waals surface area contributed by atoms with Crippen LogP contribution in [0, 0.1) is 0 Å². The average Bonchev–Trinajstić information content (AvgIpc) is 2.98. The van der Waals surface area contributed by atoms with Gasteiger partial charge in [0.2, 0.25) is 5.91 Å². The van der Waals surface area contributed by atoms with E-state index in [2.05, 4.69) is 15.6 Å². The van der Waals surface area contributed by atoms with Gasteiger partial charge in [0.25, 0.3) is 0 Å². The number of aliphatic hydroxyl groups excluding tert-OH is 1. The molecule has 1 fully saturated rings. The normalized spacial score (nSPS) is 18.2. The number of aliphatic hydroxyl groups is 1. The van der Waals surface area contributed by atoms with Gasteiger partial charge in [0, 0.05) is 12.6 Å². The van der Waals surface area contributed by atoms with Gasteiger partial charge in [-0.25, -0.2) is 0 Å². The molecule has 1 aliphatic carbocycles. The molecular formula is C11H18N4O2. The van der Waals surface area contributed by atoms with Gasteiger partial charge in [-0.3, -0.25) is 9.48 Å². The van der Waals surface area contributed by atoms with E-state index in [1.807, 2.05) is 0 Å². The monoisotopic (exact) mass is 238 g/mol. The van der Waals surface area contributed by atoms with Crippen LogP contribution >= 0.6 is 0 Å². The molecule has 1 heterocycles. The smallest absolute Gasteiger partial charge is 0.222 e. The number of carbonyl (C=O) groups is 1. The van der Waals surface area contributed by atoms with Crippen molar-refractivity contribution in [2.45, 2.75) is 44.2 Å². The third-order valence-corrected chi connectivity index (χ3v) is 3.31. The van der Waals surface area contributed by atoms with Crippen molar-refractivity contribution in [3.63, 3.8) is 0 Å². The molecule has 0 saturated heterocycles. The molecule has 1 aromatic heterocycles. The molecular weight excluding hydrogens is 220 g/mol.